The zero-order chi connectivity index (χ0) is 31.9. The van der Waals surface area contributed by atoms with Crippen LogP contribution in [-0.4, -0.2) is 115 Å². The Morgan fingerprint density at radius 1 is 1.35 bits per heavy atom. The van der Waals surface area contributed by atoms with E-state index in [0.29, 0.717) is 11.4 Å². The lowest BCUT2D eigenvalue weighted by atomic mass is 9.96. The number of nitrogens with two attached hydrogens (primary N) is 1. The number of nitrogens with zero attached hydrogens (tertiary/aromatic N) is 5. The maximum atomic E-state index is 14.0. The highest BCUT2D eigenvalue weighted by atomic mass is 32.7. The molecule has 2 saturated heterocycles. The highest BCUT2D eigenvalue weighted by molar-refractivity contribution is 8.56. The molecule has 0 aliphatic carbocycles. The van der Waals surface area contributed by atoms with Gasteiger partial charge in [0.15, 0.2) is 17.4 Å². The normalized spacial score (nSPS) is 27.9. The van der Waals surface area contributed by atoms with Crippen molar-refractivity contribution >= 4 is 53.1 Å². The first-order valence-corrected chi connectivity index (χ1v) is 16.3. The molecule has 4 heterocycles. The summed E-state index contributed by atoms with van der Waals surface area (Å²) in [7, 11) is 2.79. The number of aliphatic hydroxyl groups excluding tert-OH is 1. The summed E-state index contributed by atoms with van der Waals surface area (Å²) in [6, 6.07) is -2.66. The van der Waals surface area contributed by atoms with E-state index >= 15 is 0 Å². The highest BCUT2D eigenvalue weighted by Crippen LogP contribution is 2.57. The van der Waals surface area contributed by atoms with Crippen LogP contribution in [0.25, 0.3) is 11.2 Å². The molecule has 2 fully saturated rings. The average Bonchev–Trinajstić information content (AvgIpc) is 3.52. The van der Waals surface area contributed by atoms with Crippen molar-refractivity contribution in [1.29, 1.82) is 0 Å². The molecule has 18 nitrogen and oxygen atoms in total. The molecule has 2 aliphatic heterocycles. The van der Waals surface area contributed by atoms with E-state index in [1.165, 1.54) is 38.9 Å². The Morgan fingerprint density at radius 2 is 2.05 bits per heavy atom. The van der Waals surface area contributed by atoms with Gasteiger partial charge in [-0.3, -0.25) is 24.0 Å². The number of carbonyl (C=O) groups excluding carboxylic acids is 3. The van der Waals surface area contributed by atoms with Crippen LogP contribution in [0.2, 0.25) is 0 Å². The number of ether oxygens (including phenoxy) is 3. The molecule has 6 N–H and O–H groups in total. The fraction of sp³-hybridized carbons (Fsp3) is 0.652. The summed E-state index contributed by atoms with van der Waals surface area (Å²) in [5.41, 5.74) is 4.27. The number of nitrogen functional groups attached to an aromatic ring is 1. The minimum absolute atomic E-state index is 0.0942. The van der Waals surface area contributed by atoms with E-state index in [0.717, 1.165) is 4.90 Å². The van der Waals surface area contributed by atoms with Crippen molar-refractivity contribution < 1.29 is 47.9 Å². The third kappa shape index (κ3) is 6.72. The van der Waals surface area contributed by atoms with Gasteiger partial charge in [0.2, 0.25) is 11.8 Å². The Bertz CT molecular complexity index is 1440. The van der Waals surface area contributed by atoms with E-state index in [2.05, 4.69) is 25.4 Å². The SMILES string of the molecule is COc1nc(N)nc2c1ncn2[C@@H]1O[C@H](CO[P@@](=O)(N[C@H](C)C(=O)OC(C)C)SCC2C(=O)NC(=O)N2C)[C@@H](O)[C@@]1(C)O. The number of hydrogen-bond acceptors (Lipinski definition) is 15. The molecule has 4 rings (SSSR count). The second kappa shape index (κ2) is 12.5. The summed E-state index contributed by atoms with van der Waals surface area (Å²) in [5.74, 6) is -1.46. The van der Waals surface area contributed by atoms with Crippen LogP contribution in [0.15, 0.2) is 6.33 Å². The summed E-state index contributed by atoms with van der Waals surface area (Å²) in [5, 5.41) is 27.1. The molecule has 1 unspecified atom stereocenters. The van der Waals surface area contributed by atoms with Crippen molar-refractivity contribution in [2.24, 2.45) is 0 Å². The molecular formula is C23H35N8O10PS. The van der Waals surface area contributed by atoms with E-state index in [4.69, 9.17) is 24.5 Å². The van der Waals surface area contributed by atoms with E-state index in [1.807, 2.05) is 0 Å². The van der Waals surface area contributed by atoms with E-state index < -0.39 is 73.5 Å². The topological polar surface area (TPSA) is 243 Å². The van der Waals surface area contributed by atoms with Gasteiger partial charge in [-0.2, -0.15) is 9.97 Å². The number of anilines is 1. The third-order valence-corrected chi connectivity index (χ3v) is 10.9. The number of likely N-dealkylation sites (N-methyl/N-ethyl adjacent to an activating group) is 1. The van der Waals surface area contributed by atoms with Gasteiger partial charge in [0.05, 0.1) is 26.1 Å². The molecule has 7 atom stereocenters. The molecule has 2 aromatic heterocycles. The Labute approximate surface area is 250 Å². The van der Waals surface area contributed by atoms with Crippen molar-refractivity contribution in [2.75, 3.05) is 32.3 Å². The minimum atomic E-state index is -4.05. The first-order valence-electron chi connectivity index (χ1n) is 13.1. The van der Waals surface area contributed by atoms with E-state index in [9.17, 15) is 29.2 Å². The smallest absolute Gasteiger partial charge is 0.327 e. The van der Waals surface area contributed by atoms with Crippen LogP contribution < -0.4 is 20.9 Å². The molecule has 3 amide bonds. The summed E-state index contributed by atoms with van der Waals surface area (Å²) < 4.78 is 37.5. The van der Waals surface area contributed by atoms with Crippen molar-refractivity contribution in [3.05, 3.63) is 6.33 Å². The molecule has 20 heteroatoms. The first kappa shape index (κ1) is 32.8. The molecular weight excluding hydrogens is 611 g/mol. The second-order valence-corrected chi connectivity index (χ2v) is 14.8. The molecule has 0 radical (unpaired) electrons. The summed E-state index contributed by atoms with van der Waals surface area (Å²) >= 11 is 0.686. The molecule has 2 aliphatic rings. The quantitative estimate of drug-likeness (QED) is 0.114. The second-order valence-electron chi connectivity index (χ2n) is 10.5. The third-order valence-electron chi connectivity index (χ3n) is 6.80. The van der Waals surface area contributed by atoms with Gasteiger partial charge in [-0.05, 0) is 27.7 Å². The van der Waals surface area contributed by atoms with Gasteiger partial charge in [-0.15, -0.1) is 0 Å². The molecule has 0 aromatic carbocycles. The lowest BCUT2D eigenvalue weighted by molar-refractivity contribution is -0.149. The number of imide groups is 1. The molecule has 0 spiro atoms. The van der Waals surface area contributed by atoms with Crippen LogP contribution in [-0.2, 0) is 28.2 Å². The van der Waals surface area contributed by atoms with Crippen molar-refractivity contribution in [3.8, 4) is 5.88 Å². The molecule has 2 aromatic rings. The number of aliphatic hydroxyl groups is 2. The van der Waals surface area contributed by atoms with Crippen molar-refractivity contribution in [2.45, 2.75) is 69.9 Å². The molecule has 43 heavy (non-hydrogen) atoms. The van der Waals surface area contributed by atoms with Gasteiger partial charge in [0.1, 0.15) is 29.9 Å². The lowest BCUT2D eigenvalue weighted by Gasteiger charge is -2.27. The monoisotopic (exact) mass is 646 g/mol. The number of hydrogen-bond donors (Lipinski definition) is 5. The number of nitrogens with one attached hydrogen (secondary N) is 2. The Morgan fingerprint density at radius 3 is 2.65 bits per heavy atom. The predicted molar refractivity (Wildman–Crippen MR) is 152 cm³/mol. The van der Waals surface area contributed by atoms with Crippen LogP contribution in [0.4, 0.5) is 10.7 Å². The number of methoxy groups -OCH3 is 1. The summed E-state index contributed by atoms with van der Waals surface area (Å²) in [6.07, 6.45) is -3.16. The number of fused-ring (bicyclic) bond motifs is 1. The van der Waals surface area contributed by atoms with Crippen molar-refractivity contribution in [3.63, 3.8) is 0 Å². The van der Waals surface area contributed by atoms with Gasteiger partial charge in [0, 0.05) is 12.8 Å². The lowest BCUT2D eigenvalue weighted by Crippen LogP contribution is -2.44. The van der Waals surface area contributed by atoms with Gasteiger partial charge < -0.3 is 39.6 Å². The maximum Gasteiger partial charge on any atom is 0.327 e. The average molecular weight is 647 g/mol. The van der Waals surface area contributed by atoms with E-state index in [1.54, 1.807) is 13.8 Å². The van der Waals surface area contributed by atoms with Gasteiger partial charge in [-0.1, -0.05) is 11.4 Å². The van der Waals surface area contributed by atoms with E-state index in [-0.39, 0.29) is 28.7 Å². The zero-order valence-corrected chi connectivity index (χ0v) is 26.0. The van der Waals surface area contributed by atoms with Gasteiger partial charge >= 0.3 is 18.7 Å². The number of imidazole rings is 1. The number of esters is 1. The van der Waals surface area contributed by atoms with Crippen molar-refractivity contribution in [1.82, 2.24) is 34.8 Å². The molecule has 0 saturated carbocycles. The number of aromatic nitrogens is 4. The van der Waals surface area contributed by atoms with Crippen LogP contribution in [0.1, 0.15) is 33.9 Å². The van der Waals surface area contributed by atoms with Crippen LogP contribution in [0.5, 0.6) is 5.88 Å². The minimum Gasteiger partial charge on any atom is -0.479 e. The maximum absolute atomic E-state index is 14.0. The largest absolute Gasteiger partial charge is 0.479 e. The predicted octanol–water partition coefficient (Wildman–Crippen LogP) is -0.236. The Kier molecular flexibility index (Phi) is 9.55. The molecule has 0 bridgehead atoms. The van der Waals surface area contributed by atoms with Crippen LogP contribution >= 0.6 is 18.1 Å². The number of rotatable bonds is 12. The number of amides is 3. The van der Waals surface area contributed by atoms with Gasteiger partial charge in [-0.25, -0.2) is 14.9 Å². The molecule has 238 valence electrons. The Hall–Kier alpha value is -3.06. The first-order chi connectivity index (χ1) is 20.1. The van der Waals surface area contributed by atoms with Crippen LogP contribution in [0.3, 0.4) is 0 Å². The zero-order valence-electron chi connectivity index (χ0n) is 24.3. The summed E-state index contributed by atoms with van der Waals surface area (Å²) in [6.45, 7) is 1.49. The number of urea groups is 1. The van der Waals surface area contributed by atoms with Gasteiger partial charge in [0.25, 0.3) is 5.91 Å². The fourth-order valence-corrected chi connectivity index (χ4v) is 8.43. The van der Waals surface area contributed by atoms with Crippen LogP contribution in [0, 0.1) is 0 Å². The Balaban J connectivity index is 1.54. The standard InChI is InChI=1S/C23H35N8O10PS/c1-10(2)40-19(34)11(3)29-42(37,43-8-12-17(33)27-22(35)30(12)5)39-7-13-15(32)23(4,36)20(41-13)31-9-25-14-16(31)26-21(24)28-18(14)38-6/h9-13,15,20,32,36H,7-8H2,1-6H3,(H,29,37)(H2,24,26,28)(H,27,33,35)/t11-,12?,13-,15-,20-,23-,42+/m1/s1. The fourth-order valence-electron chi connectivity index (χ4n) is 4.46. The highest BCUT2D eigenvalue weighted by Gasteiger charge is 2.54. The summed E-state index contributed by atoms with van der Waals surface area (Å²) in [4.78, 5) is 50.1. The number of carbonyl (C=O) groups is 3.